The lowest BCUT2D eigenvalue weighted by Crippen LogP contribution is -2.49. The molecule has 0 radical (unpaired) electrons. The Balaban J connectivity index is 1.99. The van der Waals surface area contributed by atoms with Gasteiger partial charge >= 0.3 is 5.97 Å². The normalized spacial score (nSPS) is 26.1. The van der Waals surface area contributed by atoms with Crippen molar-refractivity contribution in [3.05, 3.63) is 0 Å². The molecular weight excluding hydrogens is 256 g/mol. The largest absolute Gasteiger partial charge is 0.481 e. The first-order valence-electron chi connectivity index (χ1n) is 6.50. The first-order chi connectivity index (χ1) is 8.49. The molecule has 2 fully saturated rings. The van der Waals surface area contributed by atoms with E-state index in [1.54, 1.807) is 0 Å². The second-order valence-corrected chi connectivity index (χ2v) is 6.74. The van der Waals surface area contributed by atoms with Crippen LogP contribution in [0.5, 0.6) is 0 Å². The molecule has 0 bridgehead atoms. The molecule has 2 rings (SSSR count). The van der Waals surface area contributed by atoms with Crippen molar-refractivity contribution in [1.29, 1.82) is 0 Å². The van der Waals surface area contributed by atoms with Gasteiger partial charge in [0.05, 0.1) is 0 Å². The molecule has 0 amide bonds. The highest BCUT2D eigenvalue weighted by atomic mass is 32.2. The summed E-state index contributed by atoms with van der Waals surface area (Å²) in [7, 11) is -3.43. The topological polar surface area (TPSA) is 86.7 Å². The van der Waals surface area contributed by atoms with Gasteiger partial charge in [-0.05, 0) is 32.1 Å². The lowest BCUT2D eigenvalue weighted by atomic mass is 10.0. The zero-order valence-electron chi connectivity index (χ0n) is 10.3. The summed E-state index contributed by atoms with van der Waals surface area (Å²) in [4.78, 5) is 10.6. The molecule has 1 heterocycles. The highest BCUT2D eigenvalue weighted by molar-refractivity contribution is 7.87. The number of nitrogens with one attached hydrogen (secondary N) is 1. The number of carboxylic acid groups (broad SMARTS) is 1. The van der Waals surface area contributed by atoms with Crippen molar-refractivity contribution in [3.63, 3.8) is 0 Å². The summed E-state index contributed by atoms with van der Waals surface area (Å²) in [5.41, 5.74) is 0. The van der Waals surface area contributed by atoms with Gasteiger partial charge in [0, 0.05) is 25.0 Å². The van der Waals surface area contributed by atoms with Gasteiger partial charge in [-0.3, -0.25) is 4.79 Å². The third-order valence-electron chi connectivity index (χ3n) is 3.47. The summed E-state index contributed by atoms with van der Waals surface area (Å²) in [6.07, 6.45) is 4.84. The minimum atomic E-state index is -3.43. The molecule has 0 aromatic carbocycles. The number of piperidine rings is 1. The Morgan fingerprint density at radius 2 is 2.00 bits per heavy atom. The highest BCUT2D eigenvalue weighted by Gasteiger charge is 2.36. The maximum atomic E-state index is 12.2. The van der Waals surface area contributed by atoms with Crippen molar-refractivity contribution in [2.45, 2.75) is 57.0 Å². The van der Waals surface area contributed by atoms with Crippen molar-refractivity contribution >= 4 is 16.2 Å². The fourth-order valence-corrected chi connectivity index (χ4v) is 4.11. The zero-order valence-corrected chi connectivity index (χ0v) is 11.2. The van der Waals surface area contributed by atoms with Crippen molar-refractivity contribution in [2.24, 2.45) is 0 Å². The third kappa shape index (κ3) is 3.66. The van der Waals surface area contributed by atoms with Crippen LogP contribution in [-0.2, 0) is 15.0 Å². The predicted molar refractivity (Wildman–Crippen MR) is 66.3 cm³/mol. The highest BCUT2D eigenvalue weighted by Crippen LogP contribution is 2.26. The smallest absolute Gasteiger partial charge is 0.303 e. The summed E-state index contributed by atoms with van der Waals surface area (Å²) in [5.74, 6) is -0.868. The quantitative estimate of drug-likeness (QED) is 0.747. The summed E-state index contributed by atoms with van der Waals surface area (Å²) in [5, 5.41) is 8.71. The maximum Gasteiger partial charge on any atom is 0.303 e. The summed E-state index contributed by atoms with van der Waals surface area (Å²) >= 11 is 0. The number of hydrogen-bond donors (Lipinski definition) is 2. The third-order valence-corrected chi connectivity index (χ3v) is 5.20. The molecule has 1 aliphatic carbocycles. The molecule has 1 saturated heterocycles. The zero-order chi connectivity index (χ0) is 13.2. The first-order valence-corrected chi connectivity index (χ1v) is 7.94. The molecule has 2 N–H and O–H groups in total. The van der Waals surface area contributed by atoms with Gasteiger partial charge in [-0.15, -0.1) is 0 Å². The van der Waals surface area contributed by atoms with Gasteiger partial charge in [0.1, 0.15) is 0 Å². The number of nitrogens with zero attached hydrogens (tertiary/aromatic N) is 1. The van der Waals surface area contributed by atoms with E-state index in [0.717, 1.165) is 32.1 Å². The predicted octanol–water partition coefficient (Wildman–Crippen LogP) is 0.703. The summed E-state index contributed by atoms with van der Waals surface area (Å²) in [6, 6.07) is -0.0665. The van der Waals surface area contributed by atoms with Gasteiger partial charge in [-0.1, -0.05) is 6.42 Å². The van der Waals surface area contributed by atoms with Gasteiger partial charge in [0.2, 0.25) is 0 Å². The van der Waals surface area contributed by atoms with E-state index in [9.17, 15) is 13.2 Å². The lowest BCUT2D eigenvalue weighted by molar-refractivity contribution is -0.137. The maximum absolute atomic E-state index is 12.2. The van der Waals surface area contributed by atoms with Crippen LogP contribution in [0.1, 0.15) is 44.9 Å². The number of aliphatic carboxylic acids is 1. The van der Waals surface area contributed by atoms with E-state index in [-0.39, 0.29) is 18.5 Å². The molecule has 6 nitrogen and oxygen atoms in total. The molecule has 1 aliphatic heterocycles. The average molecular weight is 276 g/mol. The van der Waals surface area contributed by atoms with Gasteiger partial charge in [0.15, 0.2) is 0 Å². The second kappa shape index (κ2) is 5.54. The van der Waals surface area contributed by atoms with Crippen LogP contribution >= 0.6 is 0 Å². The molecule has 0 spiro atoms. The van der Waals surface area contributed by atoms with Crippen LogP contribution in [-0.4, -0.2) is 42.4 Å². The molecule has 1 atom stereocenters. The number of rotatable bonds is 6. The SMILES string of the molecule is O=C(O)CCC1CCCCN1S(=O)(=O)NC1CC1. The van der Waals surface area contributed by atoms with E-state index in [4.69, 9.17) is 5.11 Å². The number of carbonyl (C=O) groups is 1. The molecular formula is C11H20N2O4S. The van der Waals surface area contributed by atoms with Gasteiger partial charge < -0.3 is 5.11 Å². The Bertz CT molecular complexity index is 405. The van der Waals surface area contributed by atoms with Crippen LogP contribution in [0.2, 0.25) is 0 Å². The van der Waals surface area contributed by atoms with Crippen LogP contribution < -0.4 is 4.72 Å². The van der Waals surface area contributed by atoms with E-state index in [2.05, 4.69) is 4.72 Å². The fraction of sp³-hybridized carbons (Fsp3) is 0.909. The molecule has 18 heavy (non-hydrogen) atoms. The standard InChI is InChI=1S/C11H20N2O4S/c14-11(15)7-6-10-3-1-2-8-13(10)18(16,17)12-9-4-5-9/h9-10,12H,1-8H2,(H,14,15). The molecule has 7 heteroatoms. The Kier molecular flexibility index (Phi) is 4.24. The van der Waals surface area contributed by atoms with Crippen LogP contribution in [0, 0.1) is 0 Å². The lowest BCUT2D eigenvalue weighted by Gasteiger charge is -2.34. The van der Waals surface area contributed by atoms with E-state index in [0.29, 0.717) is 13.0 Å². The first kappa shape index (κ1) is 13.8. The monoisotopic (exact) mass is 276 g/mol. The van der Waals surface area contributed by atoms with E-state index in [1.165, 1.54) is 4.31 Å². The van der Waals surface area contributed by atoms with E-state index in [1.807, 2.05) is 0 Å². The van der Waals surface area contributed by atoms with Crippen molar-refractivity contribution < 1.29 is 18.3 Å². The Hall–Kier alpha value is -0.660. The van der Waals surface area contributed by atoms with Crippen LogP contribution in [0.15, 0.2) is 0 Å². The Labute approximate surface area is 108 Å². The van der Waals surface area contributed by atoms with Crippen molar-refractivity contribution in [2.75, 3.05) is 6.54 Å². The van der Waals surface area contributed by atoms with E-state index < -0.39 is 16.2 Å². The number of hydrogen-bond acceptors (Lipinski definition) is 3. The van der Waals surface area contributed by atoms with Crippen LogP contribution in [0.4, 0.5) is 0 Å². The molecule has 0 aromatic heterocycles. The van der Waals surface area contributed by atoms with Gasteiger partial charge in [-0.2, -0.15) is 17.4 Å². The van der Waals surface area contributed by atoms with Crippen LogP contribution in [0.3, 0.4) is 0 Å². The van der Waals surface area contributed by atoms with Gasteiger partial charge in [-0.25, -0.2) is 0 Å². The van der Waals surface area contributed by atoms with Crippen LogP contribution in [0.25, 0.3) is 0 Å². The van der Waals surface area contributed by atoms with Gasteiger partial charge in [0.25, 0.3) is 10.2 Å². The fourth-order valence-electron chi connectivity index (χ4n) is 2.35. The Morgan fingerprint density at radius 3 is 2.61 bits per heavy atom. The molecule has 104 valence electrons. The average Bonchev–Trinajstić information content (AvgIpc) is 3.10. The minimum absolute atomic E-state index is 0.0279. The molecule has 1 unspecified atom stereocenters. The summed E-state index contributed by atoms with van der Waals surface area (Å²) in [6.45, 7) is 0.506. The summed E-state index contributed by atoms with van der Waals surface area (Å²) < 4.78 is 28.5. The van der Waals surface area contributed by atoms with E-state index >= 15 is 0 Å². The molecule has 0 aromatic rings. The Morgan fingerprint density at radius 1 is 1.28 bits per heavy atom. The second-order valence-electron chi connectivity index (χ2n) is 5.09. The van der Waals surface area contributed by atoms with Crippen molar-refractivity contribution in [3.8, 4) is 0 Å². The minimum Gasteiger partial charge on any atom is -0.481 e. The molecule has 1 saturated carbocycles. The number of carboxylic acids is 1. The van der Waals surface area contributed by atoms with Crippen molar-refractivity contribution in [1.82, 2.24) is 9.03 Å². The molecule has 2 aliphatic rings.